The standard InChI is InChI=1S/C21H27N3O4/c1-2-28-18-6-4-3-5-17(18)24-14-16(13-19(24)25)21(27)23-11-9-22(10-12-23)20(26)15-7-8-15/h3-6,15-16H,2,7-14H2,1H3. The Kier molecular flexibility index (Phi) is 5.24. The lowest BCUT2D eigenvalue weighted by Crippen LogP contribution is -2.52. The van der Waals surface area contributed by atoms with Crippen LogP contribution in [-0.2, 0) is 14.4 Å². The molecule has 4 rings (SSSR count). The van der Waals surface area contributed by atoms with Crippen LogP contribution in [0.4, 0.5) is 5.69 Å². The molecule has 2 saturated heterocycles. The third-order valence-electron chi connectivity index (χ3n) is 5.76. The minimum Gasteiger partial charge on any atom is -0.492 e. The summed E-state index contributed by atoms with van der Waals surface area (Å²) in [6.07, 6.45) is 2.23. The van der Waals surface area contributed by atoms with E-state index in [4.69, 9.17) is 4.74 Å². The molecular formula is C21H27N3O4. The third-order valence-corrected chi connectivity index (χ3v) is 5.76. The van der Waals surface area contributed by atoms with Gasteiger partial charge in [-0.3, -0.25) is 14.4 Å². The van der Waals surface area contributed by atoms with Gasteiger partial charge in [-0.25, -0.2) is 0 Å². The molecule has 0 spiro atoms. The van der Waals surface area contributed by atoms with E-state index in [0.717, 1.165) is 18.5 Å². The second kappa shape index (κ2) is 7.81. The maximum Gasteiger partial charge on any atom is 0.228 e. The highest BCUT2D eigenvalue weighted by Gasteiger charge is 2.40. The van der Waals surface area contributed by atoms with Gasteiger partial charge in [-0.2, -0.15) is 0 Å². The summed E-state index contributed by atoms with van der Waals surface area (Å²) in [6.45, 7) is 5.10. The van der Waals surface area contributed by atoms with E-state index in [1.807, 2.05) is 41.0 Å². The van der Waals surface area contributed by atoms with Crippen LogP contribution in [-0.4, -0.2) is 66.9 Å². The Morgan fingerprint density at radius 1 is 1.00 bits per heavy atom. The van der Waals surface area contributed by atoms with Crippen molar-refractivity contribution in [3.8, 4) is 5.75 Å². The van der Waals surface area contributed by atoms with Crippen LogP contribution in [0.1, 0.15) is 26.2 Å². The first-order valence-electron chi connectivity index (χ1n) is 10.2. The van der Waals surface area contributed by atoms with Gasteiger partial charge >= 0.3 is 0 Å². The fourth-order valence-corrected chi connectivity index (χ4v) is 4.06. The number of rotatable bonds is 5. The van der Waals surface area contributed by atoms with Crippen molar-refractivity contribution in [1.29, 1.82) is 0 Å². The summed E-state index contributed by atoms with van der Waals surface area (Å²) in [4.78, 5) is 43.1. The summed E-state index contributed by atoms with van der Waals surface area (Å²) >= 11 is 0. The first-order chi connectivity index (χ1) is 13.6. The average Bonchev–Trinajstić information content (AvgIpc) is 3.50. The monoisotopic (exact) mass is 385 g/mol. The summed E-state index contributed by atoms with van der Waals surface area (Å²) in [5.41, 5.74) is 0.726. The first-order valence-corrected chi connectivity index (χ1v) is 10.2. The highest BCUT2D eigenvalue weighted by atomic mass is 16.5. The van der Waals surface area contributed by atoms with Gasteiger partial charge in [-0.15, -0.1) is 0 Å². The normalized spacial score (nSPS) is 22.5. The van der Waals surface area contributed by atoms with Gasteiger partial charge in [0.1, 0.15) is 5.75 Å². The molecule has 0 aromatic heterocycles. The van der Waals surface area contributed by atoms with Gasteiger partial charge in [0.15, 0.2) is 0 Å². The lowest BCUT2D eigenvalue weighted by molar-refractivity contribution is -0.142. The third kappa shape index (κ3) is 3.70. The van der Waals surface area contributed by atoms with E-state index in [1.165, 1.54) is 0 Å². The number of hydrogen-bond donors (Lipinski definition) is 0. The highest BCUT2D eigenvalue weighted by molar-refractivity contribution is 6.01. The van der Waals surface area contributed by atoms with Crippen LogP contribution in [0.2, 0.25) is 0 Å². The van der Waals surface area contributed by atoms with Gasteiger partial charge in [0.2, 0.25) is 17.7 Å². The lowest BCUT2D eigenvalue weighted by Gasteiger charge is -2.36. The van der Waals surface area contributed by atoms with E-state index in [9.17, 15) is 14.4 Å². The number of amides is 3. The number of carbonyl (C=O) groups excluding carboxylic acids is 3. The number of benzene rings is 1. The van der Waals surface area contributed by atoms with Crippen LogP contribution in [0, 0.1) is 11.8 Å². The Balaban J connectivity index is 1.37. The van der Waals surface area contributed by atoms with E-state index in [2.05, 4.69) is 0 Å². The highest BCUT2D eigenvalue weighted by Crippen LogP contribution is 2.34. The second-order valence-electron chi connectivity index (χ2n) is 7.73. The molecule has 2 aliphatic heterocycles. The van der Waals surface area contributed by atoms with Gasteiger partial charge in [0.25, 0.3) is 0 Å². The maximum atomic E-state index is 13.0. The Labute approximate surface area is 165 Å². The summed E-state index contributed by atoms with van der Waals surface area (Å²) in [7, 11) is 0. The zero-order chi connectivity index (χ0) is 19.7. The predicted molar refractivity (Wildman–Crippen MR) is 104 cm³/mol. The molecule has 1 unspecified atom stereocenters. The van der Waals surface area contributed by atoms with Crippen molar-refractivity contribution >= 4 is 23.4 Å². The first kappa shape index (κ1) is 18.8. The minimum atomic E-state index is -0.340. The number of ether oxygens (including phenoxy) is 1. The molecule has 3 aliphatic rings. The molecule has 3 amide bonds. The van der Waals surface area contributed by atoms with E-state index in [1.54, 1.807) is 4.90 Å². The molecule has 0 bridgehead atoms. The van der Waals surface area contributed by atoms with Crippen LogP contribution >= 0.6 is 0 Å². The van der Waals surface area contributed by atoms with Crippen molar-refractivity contribution in [2.75, 3.05) is 44.2 Å². The van der Waals surface area contributed by atoms with Gasteiger partial charge in [0, 0.05) is 45.1 Å². The molecule has 7 heteroatoms. The van der Waals surface area contributed by atoms with Crippen LogP contribution < -0.4 is 9.64 Å². The molecule has 28 heavy (non-hydrogen) atoms. The van der Waals surface area contributed by atoms with E-state index >= 15 is 0 Å². The number of nitrogens with zero attached hydrogens (tertiary/aromatic N) is 3. The topological polar surface area (TPSA) is 70.2 Å². The van der Waals surface area contributed by atoms with Crippen LogP contribution in [0.5, 0.6) is 5.75 Å². The van der Waals surface area contributed by atoms with Gasteiger partial charge in [-0.1, -0.05) is 12.1 Å². The summed E-state index contributed by atoms with van der Waals surface area (Å²) in [6, 6.07) is 7.45. The molecule has 3 fully saturated rings. The van der Waals surface area contributed by atoms with Crippen molar-refractivity contribution in [3.05, 3.63) is 24.3 Å². The Morgan fingerprint density at radius 3 is 2.21 bits per heavy atom. The summed E-state index contributed by atoms with van der Waals surface area (Å²) in [5.74, 6) is 0.748. The molecule has 1 saturated carbocycles. The number of hydrogen-bond acceptors (Lipinski definition) is 4. The molecule has 2 heterocycles. The molecule has 1 aromatic carbocycles. The van der Waals surface area contributed by atoms with Crippen LogP contribution in [0.25, 0.3) is 0 Å². The number of para-hydroxylation sites is 2. The van der Waals surface area contributed by atoms with Crippen molar-refractivity contribution in [1.82, 2.24) is 9.80 Å². The van der Waals surface area contributed by atoms with Crippen molar-refractivity contribution in [2.24, 2.45) is 11.8 Å². The molecule has 150 valence electrons. The molecule has 0 radical (unpaired) electrons. The summed E-state index contributed by atoms with van der Waals surface area (Å²) < 4.78 is 5.64. The Hall–Kier alpha value is -2.57. The van der Waals surface area contributed by atoms with Gasteiger partial charge in [0.05, 0.1) is 18.2 Å². The average molecular weight is 385 g/mol. The fraction of sp³-hybridized carbons (Fsp3) is 0.571. The Bertz CT molecular complexity index is 769. The van der Waals surface area contributed by atoms with Crippen molar-refractivity contribution in [3.63, 3.8) is 0 Å². The zero-order valence-electron chi connectivity index (χ0n) is 16.3. The largest absolute Gasteiger partial charge is 0.492 e. The van der Waals surface area contributed by atoms with Gasteiger partial charge in [-0.05, 0) is 31.9 Å². The van der Waals surface area contributed by atoms with Crippen molar-refractivity contribution < 1.29 is 19.1 Å². The molecule has 1 aliphatic carbocycles. The molecular weight excluding hydrogens is 358 g/mol. The molecule has 1 atom stereocenters. The molecule has 0 N–H and O–H groups in total. The van der Waals surface area contributed by atoms with E-state index in [0.29, 0.717) is 45.1 Å². The van der Waals surface area contributed by atoms with Crippen LogP contribution in [0.15, 0.2) is 24.3 Å². The zero-order valence-corrected chi connectivity index (χ0v) is 16.3. The van der Waals surface area contributed by atoms with Gasteiger partial charge < -0.3 is 19.4 Å². The predicted octanol–water partition coefficient (Wildman–Crippen LogP) is 1.52. The molecule has 1 aromatic rings. The minimum absolute atomic E-state index is 0.0169. The number of piperazine rings is 1. The molecule has 7 nitrogen and oxygen atoms in total. The smallest absolute Gasteiger partial charge is 0.228 e. The quantitative estimate of drug-likeness (QED) is 0.771. The Morgan fingerprint density at radius 2 is 1.61 bits per heavy atom. The maximum absolute atomic E-state index is 13.0. The number of carbonyl (C=O) groups is 3. The summed E-state index contributed by atoms with van der Waals surface area (Å²) in [5, 5.41) is 0. The second-order valence-corrected chi connectivity index (χ2v) is 7.73. The fourth-order valence-electron chi connectivity index (χ4n) is 4.06. The van der Waals surface area contributed by atoms with E-state index in [-0.39, 0.29) is 36.0 Å². The number of anilines is 1. The SMILES string of the molecule is CCOc1ccccc1N1CC(C(=O)N2CCN(C(=O)C3CC3)CC2)CC1=O. The van der Waals surface area contributed by atoms with E-state index < -0.39 is 0 Å². The van der Waals surface area contributed by atoms with Crippen LogP contribution in [0.3, 0.4) is 0 Å². The lowest BCUT2D eigenvalue weighted by atomic mass is 10.1. The van der Waals surface area contributed by atoms with Crippen molar-refractivity contribution in [2.45, 2.75) is 26.2 Å².